The van der Waals surface area contributed by atoms with Gasteiger partial charge in [0, 0.05) is 18.1 Å². The van der Waals surface area contributed by atoms with Gasteiger partial charge in [0.15, 0.2) is 0 Å². The molecule has 2 aromatic rings. The summed E-state index contributed by atoms with van der Waals surface area (Å²) in [7, 11) is 1.91. The van der Waals surface area contributed by atoms with Gasteiger partial charge in [0.05, 0.1) is 23.5 Å². The lowest BCUT2D eigenvalue weighted by Gasteiger charge is -1.96. The van der Waals surface area contributed by atoms with Crippen LogP contribution in [0.3, 0.4) is 0 Å². The highest BCUT2D eigenvalue weighted by Gasteiger charge is 2.02. The first-order valence-corrected chi connectivity index (χ1v) is 5.79. The first-order chi connectivity index (χ1) is 7.28. The zero-order valence-corrected chi connectivity index (χ0v) is 9.85. The van der Waals surface area contributed by atoms with Gasteiger partial charge < -0.3 is 5.32 Å². The fourth-order valence-electron chi connectivity index (χ4n) is 1.24. The molecule has 2 aromatic heterocycles. The molecule has 0 aliphatic heterocycles. The topological polar surface area (TPSA) is 42.7 Å². The summed E-state index contributed by atoms with van der Waals surface area (Å²) < 4.78 is 1.78. The van der Waals surface area contributed by atoms with Gasteiger partial charge in [0.2, 0.25) is 0 Å². The third-order valence-corrected chi connectivity index (χ3v) is 2.95. The van der Waals surface area contributed by atoms with Crippen LogP contribution in [0.15, 0.2) is 17.8 Å². The van der Waals surface area contributed by atoms with Gasteiger partial charge in [-0.2, -0.15) is 5.10 Å². The van der Waals surface area contributed by atoms with Crippen molar-refractivity contribution >= 4 is 22.9 Å². The second-order valence-electron chi connectivity index (χ2n) is 3.12. The zero-order chi connectivity index (χ0) is 10.7. The van der Waals surface area contributed by atoms with E-state index in [1.54, 1.807) is 28.4 Å². The Bertz CT molecular complexity index is 437. The molecule has 6 heteroatoms. The van der Waals surface area contributed by atoms with Gasteiger partial charge in [-0.05, 0) is 7.05 Å². The maximum absolute atomic E-state index is 5.77. The Labute approximate surface area is 96.9 Å². The molecule has 0 unspecified atom stereocenters. The number of halogens is 1. The van der Waals surface area contributed by atoms with Crippen molar-refractivity contribution in [2.45, 2.75) is 13.1 Å². The van der Waals surface area contributed by atoms with E-state index in [4.69, 9.17) is 11.6 Å². The van der Waals surface area contributed by atoms with E-state index in [2.05, 4.69) is 15.4 Å². The second kappa shape index (κ2) is 4.74. The molecule has 0 amide bonds. The van der Waals surface area contributed by atoms with Crippen LogP contribution in [-0.2, 0) is 13.1 Å². The van der Waals surface area contributed by atoms with Gasteiger partial charge in [-0.15, -0.1) is 11.3 Å². The third kappa shape index (κ3) is 2.77. The summed E-state index contributed by atoms with van der Waals surface area (Å²) in [5.74, 6) is 0. The minimum atomic E-state index is 0.653. The predicted octanol–water partition coefficient (Wildman–Crippen LogP) is 1.76. The van der Waals surface area contributed by atoms with Gasteiger partial charge in [0.25, 0.3) is 0 Å². The van der Waals surface area contributed by atoms with Crippen molar-refractivity contribution in [1.29, 1.82) is 0 Å². The second-order valence-corrected chi connectivity index (χ2v) is 4.50. The largest absolute Gasteiger partial charge is 0.314 e. The molecule has 0 aromatic carbocycles. The normalized spacial score (nSPS) is 10.8. The Morgan fingerprint density at radius 3 is 3.13 bits per heavy atom. The molecule has 0 saturated heterocycles. The Hall–Kier alpha value is -0.910. The summed E-state index contributed by atoms with van der Waals surface area (Å²) in [5, 5.41) is 11.0. The van der Waals surface area contributed by atoms with E-state index >= 15 is 0 Å². The molecule has 0 radical (unpaired) electrons. The Balaban J connectivity index is 2.04. The molecule has 4 nitrogen and oxygen atoms in total. The summed E-state index contributed by atoms with van der Waals surface area (Å²) in [6.45, 7) is 1.48. The van der Waals surface area contributed by atoms with Crippen molar-refractivity contribution in [3.8, 4) is 0 Å². The van der Waals surface area contributed by atoms with Crippen LogP contribution in [0.25, 0.3) is 0 Å². The van der Waals surface area contributed by atoms with Crippen LogP contribution >= 0.6 is 22.9 Å². The first-order valence-electron chi connectivity index (χ1n) is 4.54. The molecule has 0 spiro atoms. The van der Waals surface area contributed by atoms with Crippen LogP contribution in [0.5, 0.6) is 0 Å². The van der Waals surface area contributed by atoms with Crippen molar-refractivity contribution in [2.24, 2.45) is 0 Å². The van der Waals surface area contributed by atoms with Crippen LogP contribution in [0.2, 0.25) is 5.02 Å². The molecule has 15 heavy (non-hydrogen) atoms. The van der Waals surface area contributed by atoms with Gasteiger partial charge in [-0.3, -0.25) is 4.68 Å². The number of aromatic nitrogens is 3. The monoisotopic (exact) mass is 242 g/mol. The lowest BCUT2D eigenvalue weighted by molar-refractivity contribution is 0.671. The summed E-state index contributed by atoms with van der Waals surface area (Å²) in [6.07, 6.45) is 3.42. The van der Waals surface area contributed by atoms with E-state index in [9.17, 15) is 0 Å². The van der Waals surface area contributed by atoms with Crippen LogP contribution in [0.4, 0.5) is 0 Å². The number of nitrogens with one attached hydrogen (secondary N) is 1. The van der Waals surface area contributed by atoms with Gasteiger partial charge in [-0.25, -0.2) is 4.98 Å². The molecule has 80 valence electrons. The lowest BCUT2D eigenvalue weighted by atomic mass is 10.5. The summed E-state index contributed by atoms with van der Waals surface area (Å²) >= 11 is 7.42. The number of hydrogen-bond acceptors (Lipinski definition) is 4. The highest BCUT2D eigenvalue weighted by Crippen LogP contribution is 2.12. The third-order valence-electron chi connectivity index (χ3n) is 1.85. The minimum Gasteiger partial charge on any atom is -0.314 e. The fraction of sp³-hybridized carbons (Fsp3) is 0.333. The summed E-state index contributed by atoms with van der Waals surface area (Å²) in [6, 6.07) is 0. The van der Waals surface area contributed by atoms with Gasteiger partial charge >= 0.3 is 0 Å². The average Bonchev–Trinajstić information content (AvgIpc) is 2.78. The summed E-state index contributed by atoms with van der Waals surface area (Å²) in [5.41, 5.74) is 1.02. The molecule has 0 bridgehead atoms. The molecule has 2 heterocycles. The molecule has 0 aliphatic rings. The number of thiazole rings is 1. The minimum absolute atomic E-state index is 0.653. The molecule has 0 saturated carbocycles. The lowest BCUT2D eigenvalue weighted by Crippen LogP contribution is -2.05. The van der Waals surface area contributed by atoms with E-state index in [1.807, 2.05) is 12.4 Å². The van der Waals surface area contributed by atoms with Crippen molar-refractivity contribution in [3.05, 3.63) is 33.5 Å². The van der Waals surface area contributed by atoms with Crippen LogP contribution in [0, 0.1) is 0 Å². The average molecular weight is 243 g/mol. The standard InChI is InChI=1S/C9H11ClN4S/c1-11-3-9-13-8(6-15-9)5-14-4-7(10)2-12-14/h2,4,6,11H,3,5H2,1H3. The molecular weight excluding hydrogens is 232 g/mol. The molecule has 0 aliphatic carbocycles. The smallest absolute Gasteiger partial charge is 0.107 e. The van der Waals surface area contributed by atoms with E-state index in [0.717, 1.165) is 17.2 Å². The number of rotatable bonds is 4. The maximum Gasteiger partial charge on any atom is 0.107 e. The van der Waals surface area contributed by atoms with Crippen molar-refractivity contribution in [2.75, 3.05) is 7.05 Å². The van der Waals surface area contributed by atoms with E-state index < -0.39 is 0 Å². The first kappa shape index (κ1) is 10.6. The highest BCUT2D eigenvalue weighted by atomic mass is 35.5. The van der Waals surface area contributed by atoms with Crippen LogP contribution < -0.4 is 5.32 Å². The zero-order valence-electron chi connectivity index (χ0n) is 8.27. The molecule has 1 N–H and O–H groups in total. The molecule has 2 rings (SSSR count). The fourth-order valence-corrected chi connectivity index (χ4v) is 2.20. The molecular formula is C9H11ClN4S. The SMILES string of the molecule is CNCc1nc(Cn2cc(Cl)cn2)cs1. The molecule has 0 fully saturated rings. The van der Waals surface area contributed by atoms with E-state index in [-0.39, 0.29) is 0 Å². The Morgan fingerprint density at radius 1 is 1.60 bits per heavy atom. The molecule has 0 atom stereocenters. The Kier molecular flexibility index (Phi) is 3.35. The van der Waals surface area contributed by atoms with Crippen molar-refractivity contribution < 1.29 is 0 Å². The van der Waals surface area contributed by atoms with Crippen LogP contribution in [-0.4, -0.2) is 21.8 Å². The number of hydrogen-bond donors (Lipinski definition) is 1. The van der Waals surface area contributed by atoms with Gasteiger partial charge in [0.1, 0.15) is 5.01 Å². The number of nitrogens with zero attached hydrogens (tertiary/aromatic N) is 3. The predicted molar refractivity (Wildman–Crippen MR) is 61.2 cm³/mol. The summed E-state index contributed by atoms with van der Waals surface area (Å²) in [4.78, 5) is 4.46. The van der Waals surface area contributed by atoms with E-state index in [1.165, 1.54) is 0 Å². The van der Waals surface area contributed by atoms with Crippen LogP contribution in [0.1, 0.15) is 10.7 Å². The van der Waals surface area contributed by atoms with Gasteiger partial charge in [-0.1, -0.05) is 11.6 Å². The van der Waals surface area contributed by atoms with E-state index in [0.29, 0.717) is 11.6 Å². The highest BCUT2D eigenvalue weighted by molar-refractivity contribution is 7.09. The van der Waals surface area contributed by atoms with Crippen molar-refractivity contribution in [1.82, 2.24) is 20.1 Å². The quantitative estimate of drug-likeness (QED) is 0.889. The van der Waals surface area contributed by atoms with Crippen molar-refractivity contribution in [3.63, 3.8) is 0 Å². The maximum atomic E-state index is 5.77. The Morgan fingerprint density at radius 2 is 2.47 bits per heavy atom.